The molecule has 1 nitrogen and oxygen atoms in total. The summed E-state index contributed by atoms with van der Waals surface area (Å²) in [7, 11) is 0. The molecule has 0 saturated carbocycles. The maximum atomic E-state index is 9.43. The molecule has 1 N–H and O–H groups in total. The third kappa shape index (κ3) is 4.35. The summed E-state index contributed by atoms with van der Waals surface area (Å²) in [4.78, 5) is 0. The Morgan fingerprint density at radius 1 is 0.737 bits per heavy atom. The molecule has 19 heavy (non-hydrogen) atoms. The molecule has 0 saturated heterocycles. The summed E-state index contributed by atoms with van der Waals surface area (Å²) >= 11 is 0. The number of aliphatic hydroxyl groups excluding tert-OH is 1. The van der Waals surface area contributed by atoms with Crippen molar-refractivity contribution in [3.63, 3.8) is 0 Å². The van der Waals surface area contributed by atoms with Crippen molar-refractivity contribution in [1.82, 2.24) is 0 Å². The van der Waals surface area contributed by atoms with E-state index in [1.165, 1.54) is 11.1 Å². The fourth-order valence-electron chi connectivity index (χ4n) is 2.89. The zero-order valence-corrected chi connectivity index (χ0v) is 13.7. The molecule has 0 aromatic heterocycles. The van der Waals surface area contributed by atoms with Gasteiger partial charge in [0.15, 0.2) is 0 Å². The van der Waals surface area contributed by atoms with E-state index in [0.717, 1.165) is 6.42 Å². The summed E-state index contributed by atoms with van der Waals surface area (Å²) in [6, 6.07) is 8.77. The van der Waals surface area contributed by atoms with Gasteiger partial charge < -0.3 is 5.11 Å². The van der Waals surface area contributed by atoms with Gasteiger partial charge in [-0.2, -0.15) is 0 Å². The first-order valence-electron chi connectivity index (χ1n) is 7.20. The minimum absolute atomic E-state index is 0.160. The third-order valence-electron chi connectivity index (χ3n) is 3.82. The molecule has 0 radical (unpaired) electrons. The molecule has 0 atom stereocenters. The highest BCUT2D eigenvalue weighted by Crippen LogP contribution is 2.36. The number of aliphatic hydroxyl groups is 1. The van der Waals surface area contributed by atoms with E-state index < -0.39 is 0 Å². The molecule has 0 fully saturated rings. The Balaban J connectivity index is 2.99. The number of benzene rings is 1. The standard InChI is InChI=1S/C18H30O/c1-16(2,3)12-17(4,5)14-8-10-15(11-9-14)18(6,7)13-19/h8-11,19H,12-13H2,1-7H3. The smallest absolute Gasteiger partial charge is 0.0522 e. The molecule has 0 spiro atoms. The van der Waals surface area contributed by atoms with Crippen LogP contribution in [0.2, 0.25) is 0 Å². The first-order chi connectivity index (χ1) is 8.48. The highest BCUT2D eigenvalue weighted by Gasteiger charge is 2.27. The fraction of sp³-hybridized carbons (Fsp3) is 0.667. The van der Waals surface area contributed by atoms with Gasteiger partial charge in [0, 0.05) is 5.41 Å². The van der Waals surface area contributed by atoms with Gasteiger partial charge in [0.1, 0.15) is 0 Å². The van der Waals surface area contributed by atoms with E-state index in [9.17, 15) is 5.11 Å². The molecular formula is C18H30O. The van der Waals surface area contributed by atoms with Crippen LogP contribution in [-0.4, -0.2) is 11.7 Å². The summed E-state index contributed by atoms with van der Waals surface area (Å²) in [5.74, 6) is 0. The van der Waals surface area contributed by atoms with Gasteiger partial charge in [0.2, 0.25) is 0 Å². The second kappa shape index (κ2) is 5.28. The monoisotopic (exact) mass is 262 g/mol. The molecule has 0 aliphatic heterocycles. The second-order valence-corrected chi connectivity index (χ2v) is 8.24. The van der Waals surface area contributed by atoms with Crippen molar-refractivity contribution in [3.8, 4) is 0 Å². The Kier molecular flexibility index (Phi) is 4.51. The van der Waals surface area contributed by atoms with E-state index >= 15 is 0 Å². The number of rotatable bonds is 4. The molecule has 108 valence electrons. The first-order valence-corrected chi connectivity index (χ1v) is 7.20. The Morgan fingerprint density at radius 3 is 1.42 bits per heavy atom. The van der Waals surface area contributed by atoms with Crippen LogP contribution in [0.15, 0.2) is 24.3 Å². The van der Waals surface area contributed by atoms with Crippen LogP contribution in [0.25, 0.3) is 0 Å². The van der Waals surface area contributed by atoms with Crippen molar-refractivity contribution in [3.05, 3.63) is 35.4 Å². The maximum Gasteiger partial charge on any atom is 0.0522 e. The van der Waals surface area contributed by atoms with Gasteiger partial charge in [-0.3, -0.25) is 0 Å². The Labute approximate surface area is 119 Å². The molecule has 0 aliphatic rings. The van der Waals surface area contributed by atoms with Crippen LogP contribution in [0.5, 0.6) is 0 Å². The van der Waals surface area contributed by atoms with E-state index in [1.807, 2.05) is 0 Å². The first kappa shape index (κ1) is 16.2. The minimum Gasteiger partial charge on any atom is -0.395 e. The molecule has 0 amide bonds. The van der Waals surface area contributed by atoms with Gasteiger partial charge in [-0.25, -0.2) is 0 Å². The number of hydrogen-bond acceptors (Lipinski definition) is 1. The van der Waals surface area contributed by atoms with Crippen LogP contribution in [0.3, 0.4) is 0 Å². The highest BCUT2D eigenvalue weighted by molar-refractivity contribution is 5.32. The molecular weight excluding hydrogens is 232 g/mol. The average molecular weight is 262 g/mol. The zero-order chi connectivity index (χ0) is 14.9. The van der Waals surface area contributed by atoms with Crippen LogP contribution in [0, 0.1) is 5.41 Å². The molecule has 1 aromatic rings. The molecule has 0 unspecified atom stereocenters. The van der Waals surface area contributed by atoms with E-state index in [-0.39, 0.29) is 17.4 Å². The lowest BCUT2D eigenvalue weighted by Gasteiger charge is -2.33. The van der Waals surface area contributed by atoms with Crippen molar-refractivity contribution in [2.75, 3.05) is 6.61 Å². The summed E-state index contributed by atoms with van der Waals surface area (Å²) < 4.78 is 0. The molecule has 0 aliphatic carbocycles. The van der Waals surface area contributed by atoms with Crippen LogP contribution >= 0.6 is 0 Å². The lowest BCUT2D eigenvalue weighted by atomic mass is 9.72. The largest absolute Gasteiger partial charge is 0.395 e. The lowest BCUT2D eigenvalue weighted by Crippen LogP contribution is -2.26. The van der Waals surface area contributed by atoms with Crippen LogP contribution in [-0.2, 0) is 10.8 Å². The predicted octanol–water partition coefficient (Wildman–Crippen LogP) is 4.67. The summed E-state index contributed by atoms with van der Waals surface area (Å²) in [6.07, 6.45) is 1.16. The van der Waals surface area contributed by atoms with Gasteiger partial charge in [-0.1, -0.05) is 72.7 Å². The normalized spacial score (nSPS) is 13.7. The van der Waals surface area contributed by atoms with Crippen LogP contribution in [0.4, 0.5) is 0 Å². The van der Waals surface area contributed by atoms with Gasteiger partial charge in [0.25, 0.3) is 0 Å². The van der Waals surface area contributed by atoms with Crippen LogP contribution in [0.1, 0.15) is 66.0 Å². The van der Waals surface area contributed by atoms with Gasteiger partial charge in [0.05, 0.1) is 6.61 Å². The quantitative estimate of drug-likeness (QED) is 0.836. The Bertz CT molecular complexity index is 404. The second-order valence-electron chi connectivity index (χ2n) is 8.24. The van der Waals surface area contributed by atoms with Crippen molar-refractivity contribution in [1.29, 1.82) is 0 Å². The molecule has 1 aromatic carbocycles. The molecule has 1 rings (SSSR count). The Morgan fingerprint density at radius 2 is 1.11 bits per heavy atom. The van der Waals surface area contributed by atoms with Gasteiger partial charge in [-0.05, 0) is 28.4 Å². The van der Waals surface area contributed by atoms with E-state index in [1.54, 1.807) is 0 Å². The maximum absolute atomic E-state index is 9.43. The van der Waals surface area contributed by atoms with E-state index in [0.29, 0.717) is 5.41 Å². The number of hydrogen-bond donors (Lipinski definition) is 1. The topological polar surface area (TPSA) is 20.2 Å². The molecule has 0 bridgehead atoms. The fourth-order valence-corrected chi connectivity index (χ4v) is 2.89. The zero-order valence-electron chi connectivity index (χ0n) is 13.7. The SMILES string of the molecule is CC(C)(C)CC(C)(C)c1ccc(C(C)(C)CO)cc1. The van der Waals surface area contributed by atoms with Gasteiger partial charge >= 0.3 is 0 Å². The summed E-state index contributed by atoms with van der Waals surface area (Å²) in [6.45, 7) is 15.8. The average Bonchev–Trinajstić information content (AvgIpc) is 2.26. The van der Waals surface area contributed by atoms with Crippen molar-refractivity contribution >= 4 is 0 Å². The lowest BCUT2D eigenvalue weighted by molar-refractivity contribution is 0.218. The molecule has 1 heteroatoms. The van der Waals surface area contributed by atoms with Gasteiger partial charge in [-0.15, -0.1) is 0 Å². The van der Waals surface area contributed by atoms with E-state index in [2.05, 4.69) is 72.7 Å². The van der Waals surface area contributed by atoms with E-state index in [4.69, 9.17) is 0 Å². The Hall–Kier alpha value is -0.820. The summed E-state index contributed by atoms with van der Waals surface area (Å²) in [5.41, 5.74) is 2.92. The van der Waals surface area contributed by atoms with Crippen molar-refractivity contribution in [2.45, 2.75) is 65.7 Å². The predicted molar refractivity (Wildman–Crippen MR) is 83.7 cm³/mol. The minimum atomic E-state index is -0.160. The van der Waals surface area contributed by atoms with Crippen molar-refractivity contribution < 1.29 is 5.11 Å². The summed E-state index contributed by atoms with van der Waals surface area (Å²) in [5, 5.41) is 9.43. The highest BCUT2D eigenvalue weighted by atomic mass is 16.3. The van der Waals surface area contributed by atoms with Crippen LogP contribution < -0.4 is 0 Å². The third-order valence-corrected chi connectivity index (χ3v) is 3.82. The molecule has 0 heterocycles. The van der Waals surface area contributed by atoms with Crippen molar-refractivity contribution in [2.24, 2.45) is 5.41 Å².